The van der Waals surface area contributed by atoms with Crippen LogP contribution in [0.4, 0.5) is 0 Å². The van der Waals surface area contributed by atoms with Crippen molar-refractivity contribution in [3.8, 4) is 5.75 Å². The van der Waals surface area contributed by atoms with Crippen molar-refractivity contribution in [1.82, 2.24) is 20.1 Å². The number of rotatable bonds is 9. The molecule has 1 aliphatic heterocycles. The maximum Gasteiger partial charge on any atom is 0.251 e. The van der Waals surface area contributed by atoms with Gasteiger partial charge in [0.15, 0.2) is 0 Å². The zero-order chi connectivity index (χ0) is 19.8. The Kier molecular flexibility index (Phi) is 7.82. The van der Waals surface area contributed by atoms with Crippen molar-refractivity contribution >= 4 is 17.2 Å². The summed E-state index contributed by atoms with van der Waals surface area (Å²) in [5.41, 5.74) is 3.36. The van der Waals surface area contributed by atoms with Crippen molar-refractivity contribution in [2.24, 2.45) is 5.92 Å². The van der Waals surface area contributed by atoms with Crippen LogP contribution in [-0.2, 0) is 6.61 Å². The Balaban J connectivity index is 1.38. The topological polar surface area (TPSA) is 57.7 Å². The lowest BCUT2D eigenvalue weighted by Crippen LogP contribution is -2.48. The van der Waals surface area contributed by atoms with E-state index in [0.29, 0.717) is 24.6 Å². The van der Waals surface area contributed by atoms with E-state index in [9.17, 15) is 4.79 Å². The molecule has 1 aliphatic rings. The molecule has 1 aromatic heterocycles. The molecule has 1 saturated heterocycles. The monoisotopic (exact) mass is 402 g/mol. The molecule has 0 bridgehead atoms. The third-order valence-electron chi connectivity index (χ3n) is 5.08. The Morgan fingerprint density at radius 2 is 1.93 bits per heavy atom. The molecule has 2 aromatic rings. The van der Waals surface area contributed by atoms with Crippen molar-refractivity contribution in [2.75, 3.05) is 45.8 Å². The molecule has 0 spiro atoms. The van der Waals surface area contributed by atoms with Gasteiger partial charge in [0.1, 0.15) is 12.4 Å². The van der Waals surface area contributed by atoms with Gasteiger partial charge in [0.05, 0.1) is 11.2 Å². The standard InChI is InChI=1S/C21H30N4O2S/c1-3-24-8-10-25(11-9-24)13-17(2)12-22-21(26)18-4-6-20(7-5-18)27-14-19-15-28-16-23-19/h4-7,15-17H,3,8-14H2,1-2H3,(H,22,26). The van der Waals surface area contributed by atoms with Crippen LogP contribution in [-0.4, -0.2) is 66.5 Å². The lowest BCUT2D eigenvalue weighted by Gasteiger charge is -2.35. The van der Waals surface area contributed by atoms with Crippen LogP contribution in [0.5, 0.6) is 5.75 Å². The highest BCUT2D eigenvalue weighted by atomic mass is 32.1. The SMILES string of the molecule is CCN1CCN(CC(C)CNC(=O)c2ccc(OCc3cscn3)cc2)CC1. The Morgan fingerprint density at radius 1 is 1.21 bits per heavy atom. The summed E-state index contributed by atoms with van der Waals surface area (Å²) in [5, 5.41) is 5.02. The van der Waals surface area contributed by atoms with Gasteiger partial charge in [-0.1, -0.05) is 13.8 Å². The fourth-order valence-electron chi connectivity index (χ4n) is 3.33. The number of nitrogens with one attached hydrogen (secondary N) is 1. The number of carbonyl (C=O) groups excluding carboxylic acids is 1. The number of aromatic nitrogens is 1. The third-order valence-corrected chi connectivity index (χ3v) is 5.72. The van der Waals surface area contributed by atoms with Crippen molar-refractivity contribution in [3.05, 3.63) is 46.4 Å². The van der Waals surface area contributed by atoms with Crippen LogP contribution in [0, 0.1) is 5.92 Å². The maximum atomic E-state index is 12.4. The second-order valence-electron chi connectivity index (χ2n) is 7.34. The van der Waals surface area contributed by atoms with Crippen LogP contribution in [0.2, 0.25) is 0 Å². The smallest absolute Gasteiger partial charge is 0.251 e. The summed E-state index contributed by atoms with van der Waals surface area (Å²) in [6, 6.07) is 7.27. The Bertz CT molecular complexity index is 713. The van der Waals surface area contributed by atoms with E-state index in [1.807, 2.05) is 17.5 Å². The number of likely N-dealkylation sites (N-methyl/N-ethyl adjacent to an activating group) is 1. The Hall–Kier alpha value is -1.96. The van der Waals surface area contributed by atoms with E-state index in [-0.39, 0.29) is 5.91 Å². The molecule has 152 valence electrons. The number of benzene rings is 1. The molecule has 2 heterocycles. The van der Waals surface area contributed by atoms with Crippen LogP contribution < -0.4 is 10.1 Å². The second-order valence-corrected chi connectivity index (χ2v) is 8.06. The molecule has 6 nitrogen and oxygen atoms in total. The van der Waals surface area contributed by atoms with E-state index >= 15 is 0 Å². The van der Waals surface area contributed by atoms with Crippen LogP contribution in [0.25, 0.3) is 0 Å². The summed E-state index contributed by atoms with van der Waals surface area (Å²) in [7, 11) is 0. The third kappa shape index (κ3) is 6.29. The number of carbonyl (C=O) groups is 1. The number of ether oxygens (including phenoxy) is 1. The molecule has 0 aliphatic carbocycles. The number of thiazole rings is 1. The molecule has 3 rings (SSSR count). The minimum Gasteiger partial charge on any atom is -0.487 e. The van der Waals surface area contributed by atoms with Crippen molar-refractivity contribution in [3.63, 3.8) is 0 Å². The van der Waals surface area contributed by atoms with E-state index < -0.39 is 0 Å². The summed E-state index contributed by atoms with van der Waals surface area (Å²) in [6.07, 6.45) is 0. The zero-order valence-electron chi connectivity index (χ0n) is 16.8. The van der Waals surface area contributed by atoms with Crippen LogP contribution in [0.1, 0.15) is 29.9 Å². The van der Waals surface area contributed by atoms with Gasteiger partial charge in [-0.25, -0.2) is 4.98 Å². The number of piperazine rings is 1. The minimum absolute atomic E-state index is 0.0336. The van der Waals surface area contributed by atoms with Crippen molar-refractivity contribution in [1.29, 1.82) is 0 Å². The van der Waals surface area contributed by atoms with E-state index in [1.165, 1.54) is 0 Å². The Morgan fingerprint density at radius 3 is 2.57 bits per heavy atom. The quantitative estimate of drug-likeness (QED) is 0.699. The van der Waals surface area contributed by atoms with Gasteiger partial charge in [0.2, 0.25) is 0 Å². The van der Waals surface area contributed by atoms with Gasteiger partial charge >= 0.3 is 0 Å². The van der Waals surface area contributed by atoms with Gasteiger partial charge < -0.3 is 19.9 Å². The molecule has 28 heavy (non-hydrogen) atoms. The molecule has 1 atom stereocenters. The van der Waals surface area contributed by atoms with Crippen LogP contribution in [0.15, 0.2) is 35.2 Å². The molecule has 1 amide bonds. The molecule has 0 radical (unpaired) electrons. The van der Waals surface area contributed by atoms with Crippen molar-refractivity contribution < 1.29 is 9.53 Å². The summed E-state index contributed by atoms with van der Waals surface area (Å²) >= 11 is 1.55. The summed E-state index contributed by atoms with van der Waals surface area (Å²) in [5.74, 6) is 1.13. The van der Waals surface area contributed by atoms with Crippen molar-refractivity contribution in [2.45, 2.75) is 20.5 Å². The lowest BCUT2D eigenvalue weighted by atomic mass is 10.1. The summed E-state index contributed by atoms with van der Waals surface area (Å²) < 4.78 is 5.69. The predicted molar refractivity (Wildman–Crippen MR) is 113 cm³/mol. The highest BCUT2D eigenvalue weighted by Gasteiger charge is 2.17. The first-order chi connectivity index (χ1) is 13.6. The molecule has 0 saturated carbocycles. The van der Waals surface area contributed by atoms with E-state index in [2.05, 4.69) is 33.9 Å². The number of nitrogens with zero attached hydrogens (tertiary/aromatic N) is 3. The molecule has 1 aromatic carbocycles. The van der Waals surface area contributed by atoms with E-state index in [0.717, 1.165) is 50.7 Å². The fraction of sp³-hybridized carbons (Fsp3) is 0.524. The first kappa shape index (κ1) is 20.8. The summed E-state index contributed by atoms with van der Waals surface area (Å²) in [4.78, 5) is 21.6. The molecular weight excluding hydrogens is 372 g/mol. The normalized spacial score (nSPS) is 16.6. The van der Waals surface area contributed by atoms with Gasteiger partial charge in [-0.3, -0.25) is 4.79 Å². The summed E-state index contributed by atoms with van der Waals surface area (Å²) in [6.45, 7) is 12.2. The van der Waals surface area contributed by atoms with E-state index in [4.69, 9.17) is 4.74 Å². The van der Waals surface area contributed by atoms with Gasteiger partial charge in [-0.15, -0.1) is 11.3 Å². The predicted octanol–water partition coefficient (Wildman–Crippen LogP) is 2.73. The largest absolute Gasteiger partial charge is 0.487 e. The molecule has 1 unspecified atom stereocenters. The number of hydrogen-bond acceptors (Lipinski definition) is 6. The Labute approximate surface area is 171 Å². The van der Waals surface area contributed by atoms with Gasteiger partial charge in [-0.05, 0) is 36.7 Å². The first-order valence-corrected chi connectivity index (χ1v) is 10.9. The van der Waals surface area contributed by atoms with Crippen LogP contribution in [0.3, 0.4) is 0 Å². The highest BCUT2D eigenvalue weighted by Crippen LogP contribution is 2.14. The van der Waals surface area contributed by atoms with Gasteiger partial charge in [-0.2, -0.15) is 0 Å². The average molecular weight is 403 g/mol. The van der Waals surface area contributed by atoms with Gasteiger partial charge in [0.25, 0.3) is 5.91 Å². The zero-order valence-corrected chi connectivity index (χ0v) is 17.6. The molecule has 7 heteroatoms. The maximum absolute atomic E-state index is 12.4. The minimum atomic E-state index is -0.0336. The lowest BCUT2D eigenvalue weighted by molar-refractivity contribution is 0.0933. The highest BCUT2D eigenvalue weighted by molar-refractivity contribution is 7.07. The number of hydrogen-bond donors (Lipinski definition) is 1. The van der Waals surface area contributed by atoms with Crippen LogP contribution >= 0.6 is 11.3 Å². The fourth-order valence-corrected chi connectivity index (χ4v) is 3.87. The second kappa shape index (κ2) is 10.5. The van der Waals surface area contributed by atoms with E-state index in [1.54, 1.807) is 29.0 Å². The number of amides is 1. The molecule has 1 fully saturated rings. The molecular formula is C21H30N4O2S. The average Bonchev–Trinajstić information content (AvgIpc) is 3.25. The van der Waals surface area contributed by atoms with Gasteiger partial charge in [0, 0.05) is 50.2 Å². The molecule has 1 N–H and O–H groups in total. The first-order valence-electron chi connectivity index (χ1n) is 9.97.